The van der Waals surface area contributed by atoms with Gasteiger partial charge in [0.1, 0.15) is 18.2 Å². The summed E-state index contributed by atoms with van der Waals surface area (Å²) in [6.45, 7) is 1.82. The quantitative estimate of drug-likeness (QED) is 0.447. The van der Waals surface area contributed by atoms with E-state index in [4.69, 9.17) is 16.3 Å². The van der Waals surface area contributed by atoms with Gasteiger partial charge in [-0.1, -0.05) is 60.1 Å². The summed E-state index contributed by atoms with van der Waals surface area (Å²) in [5.74, 6) is -1.03. The van der Waals surface area contributed by atoms with E-state index in [9.17, 15) is 9.59 Å². The SMILES string of the molecule is Cc1ccc2nc(COC(=O)C(c3ccccc3)c3ccc(Cl)cc3)cc(=O)n2c1. The largest absolute Gasteiger partial charge is 0.458 e. The molecular formula is C24H19ClN2O3. The molecule has 0 aliphatic carbocycles. The maximum atomic E-state index is 13.0. The van der Waals surface area contributed by atoms with E-state index in [1.54, 1.807) is 24.4 Å². The van der Waals surface area contributed by atoms with Gasteiger partial charge in [-0.3, -0.25) is 14.0 Å². The Balaban J connectivity index is 1.60. The van der Waals surface area contributed by atoms with Crippen LogP contribution >= 0.6 is 11.6 Å². The van der Waals surface area contributed by atoms with E-state index in [1.807, 2.05) is 55.5 Å². The second-order valence-corrected chi connectivity index (χ2v) is 7.46. The average molecular weight is 419 g/mol. The van der Waals surface area contributed by atoms with E-state index >= 15 is 0 Å². The molecule has 6 heteroatoms. The van der Waals surface area contributed by atoms with Crippen LogP contribution in [0.25, 0.3) is 5.65 Å². The zero-order valence-corrected chi connectivity index (χ0v) is 17.0. The fourth-order valence-corrected chi connectivity index (χ4v) is 3.45. The summed E-state index contributed by atoms with van der Waals surface area (Å²) in [6.07, 6.45) is 1.73. The first-order valence-corrected chi connectivity index (χ1v) is 9.85. The van der Waals surface area contributed by atoms with Gasteiger partial charge in [-0.15, -0.1) is 0 Å². The van der Waals surface area contributed by atoms with Crippen molar-refractivity contribution in [1.82, 2.24) is 9.38 Å². The molecule has 0 spiro atoms. The zero-order chi connectivity index (χ0) is 21.1. The molecule has 150 valence electrons. The van der Waals surface area contributed by atoms with Crippen molar-refractivity contribution in [3.63, 3.8) is 0 Å². The number of ether oxygens (including phenoxy) is 1. The number of benzene rings is 2. The van der Waals surface area contributed by atoms with Gasteiger partial charge in [-0.2, -0.15) is 0 Å². The number of carbonyl (C=O) groups is 1. The van der Waals surface area contributed by atoms with Gasteiger partial charge < -0.3 is 4.74 Å². The van der Waals surface area contributed by atoms with Crippen LogP contribution in [0.2, 0.25) is 5.02 Å². The van der Waals surface area contributed by atoms with E-state index in [1.165, 1.54) is 10.5 Å². The van der Waals surface area contributed by atoms with Gasteiger partial charge in [0, 0.05) is 17.3 Å². The topological polar surface area (TPSA) is 60.7 Å². The van der Waals surface area contributed by atoms with Crippen molar-refractivity contribution in [2.45, 2.75) is 19.4 Å². The maximum Gasteiger partial charge on any atom is 0.318 e. The lowest BCUT2D eigenvalue weighted by atomic mass is 9.91. The highest BCUT2D eigenvalue weighted by Gasteiger charge is 2.24. The molecule has 4 aromatic rings. The van der Waals surface area contributed by atoms with Gasteiger partial charge >= 0.3 is 5.97 Å². The van der Waals surface area contributed by atoms with E-state index in [-0.39, 0.29) is 12.2 Å². The van der Waals surface area contributed by atoms with Gasteiger partial charge in [0.05, 0.1) is 5.69 Å². The van der Waals surface area contributed by atoms with Crippen molar-refractivity contribution in [2.24, 2.45) is 0 Å². The molecule has 2 heterocycles. The van der Waals surface area contributed by atoms with Crippen LogP contribution in [0.4, 0.5) is 0 Å². The molecule has 1 unspecified atom stereocenters. The van der Waals surface area contributed by atoms with Gasteiger partial charge in [0.25, 0.3) is 5.56 Å². The summed E-state index contributed by atoms with van der Waals surface area (Å²) in [6, 6.07) is 21.5. The van der Waals surface area contributed by atoms with Crippen LogP contribution in [0.1, 0.15) is 28.3 Å². The number of aryl methyl sites for hydroxylation is 1. The Morgan fingerprint density at radius 2 is 1.73 bits per heavy atom. The van der Waals surface area contributed by atoms with Crippen molar-refractivity contribution in [3.05, 3.63) is 117 Å². The molecule has 0 saturated heterocycles. The summed E-state index contributed by atoms with van der Waals surface area (Å²) in [7, 11) is 0. The Bertz CT molecular complexity index is 1250. The zero-order valence-electron chi connectivity index (χ0n) is 16.3. The monoisotopic (exact) mass is 418 g/mol. The maximum absolute atomic E-state index is 13.0. The molecule has 1 atom stereocenters. The number of hydrogen-bond donors (Lipinski definition) is 0. The average Bonchev–Trinajstić information content (AvgIpc) is 2.75. The molecule has 30 heavy (non-hydrogen) atoms. The number of hydrogen-bond acceptors (Lipinski definition) is 4. The molecule has 0 N–H and O–H groups in total. The van der Waals surface area contributed by atoms with Gasteiger partial charge in [-0.25, -0.2) is 4.98 Å². The number of carbonyl (C=O) groups excluding carboxylic acids is 1. The van der Waals surface area contributed by atoms with E-state index < -0.39 is 11.9 Å². The lowest BCUT2D eigenvalue weighted by Gasteiger charge is -2.17. The normalized spacial score (nSPS) is 11.9. The van der Waals surface area contributed by atoms with Gasteiger partial charge in [0.2, 0.25) is 0 Å². The number of halogens is 1. The van der Waals surface area contributed by atoms with Crippen molar-refractivity contribution in [2.75, 3.05) is 0 Å². The Labute approximate surface area is 178 Å². The molecule has 0 saturated carbocycles. The van der Waals surface area contributed by atoms with Crippen LogP contribution in [0.15, 0.2) is 83.8 Å². The molecule has 2 aromatic heterocycles. The highest BCUT2D eigenvalue weighted by atomic mass is 35.5. The number of aromatic nitrogens is 2. The molecule has 0 aliphatic rings. The summed E-state index contributed by atoms with van der Waals surface area (Å²) >= 11 is 6.00. The van der Waals surface area contributed by atoms with Crippen molar-refractivity contribution in [1.29, 1.82) is 0 Å². The number of fused-ring (bicyclic) bond motifs is 1. The minimum Gasteiger partial charge on any atom is -0.458 e. The number of rotatable bonds is 5. The van der Waals surface area contributed by atoms with Crippen LogP contribution in [-0.2, 0) is 16.1 Å². The van der Waals surface area contributed by atoms with Crippen molar-refractivity contribution >= 4 is 23.2 Å². The molecule has 0 amide bonds. The Kier molecular flexibility index (Phi) is 5.63. The van der Waals surface area contributed by atoms with Gasteiger partial charge in [0.15, 0.2) is 0 Å². The first kappa shape index (κ1) is 19.9. The molecule has 0 bridgehead atoms. The van der Waals surface area contributed by atoms with Crippen LogP contribution < -0.4 is 5.56 Å². The smallest absolute Gasteiger partial charge is 0.318 e. The number of nitrogens with zero attached hydrogens (tertiary/aromatic N) is 2. The van der Waals surface area contributed by atoms with E-state index in [2.05, 4.69) is 4.98 Å². The third-order valence-electron chi connectivity index (χ3n) is 4.79. The number of pyridine rings is 1. The number of esters is 1. The van der Waals surface area contributed by atoms with Crippen molar-refractivity contribution < 1.29 is 9.53 Å². The second kappa shape index (κ2) is 8.51. The highest BCUT2D eigenvalue weighted by Crippen LogP contribution is 2.27. The van der Waals surface area contributed by atoms with E-state index in [0.29, 0.717) is 16.4 Å². The van der Waals surface area contributed by atoms with Gasteiger partial charge in [-0.05, 0) is 41.8 Å². The molecule has 0 fully saturated rings. The Morgan fingerprint density at radius 3 is 2.47 bits per heavy atom. The summed E-state index contributed by atoms with van der Waals surface area (Å²) in [4.78, 5) is 29.8. The summed E-state index contributed by atoms with van der Waals surface area (Å²) in [5.41, 5.74) is 3.24. The van der Waals surface area contributed by atoms with Crippen molar-refractivity contribution in [3.8, 4) is 0 Å². The Hall–Kier alpha value is -3.44. The standard InChI is InChI=1S/C24H19ClN2O3/c1-16-7-12-21-26-20(13-22(28)27(21)14-16)15-30-24(29)23(17-5-3-2-4-6-17)18-8-10-19(25)11-9-18/h2-14,23H,15H2,1H3. The predicted molar refractivity (Wildman–Crippen MR) is 116 cm³/mol. The molecule has 2 aromatic carbocycles. The van der Waals surface area contributed by atoms with E-state index in [0.717, 1.165) is 16.7 Å². The third-order valence-corrected chi connectivity index (χ3v) is 5.05. The first-order valence-electron chi connectivity index (χ1n) is 9.47. The van der Waals surface area contributed by atoms with Crippen LogP contribution in [0.5, 0.6) is 0 Å². The summed E-state index contributed by atoms with van der Waals surface area (Å²) < 4.78 is 7.05. The summed E-state index contributed by atoms with van der Waals surface area (Å²) in [5, 5.41) is 0.593. The third kappa shape index (κ3) is 4.26. The molecule has 5 nitrogen and oxygen atoms in total. The minimum absolute atomic E-state index is 0.0879. The molecule has 0 radical (unpaired) electrons. The molecular weight excluding hydrogens is 400 g/mol. The highest BCUT2D eigenvalue weighted by molar-refractivity contribution is 6.30. The lowest BCUT2D eigenvalue weighted by Crippen LogP contribution is -2.20. The van der Waals surface area contributed by atoms with Crippen LogP contribution in [0.3, 0.4) is 0 Å². The first-order chi connectivity index (χ1) is 14.5. The molecule has 4 rings (SSSR count). The fraction of sp³-hybridized carbons (Fsp3) is 0.125. The second-order valence-electron chi connectivity index (χ2n) is 7.02. The fourth-order valence-electron chi connectivity index (χ4n) is 3.33. The van der Waals surface area contributed by atoms with Crippen LogP contribution in [-0.4, -0.2) is 15.4 Å². The lowest BCUT2D eigenvalue weighted by molar-refractivity contribution is -0.145. The minimum atomic E-state index is -0.604. The Morgan fingerprint density at radius 1 is 1.03 bits per heavy atom. The molecule has 0 aliphatic heterocycles. The van der Waals surface area contributed by atoms with Crippen LogP contribution in [0, 0.1) is 6.92 Å². The predicted octanol–water partition coefficient (Wildman–Crippen LogP) is 4.53.